The fraction of sp³-hybridized carbons (Fsp3) is 0.385. The highest BCUT2D eigenvalue weighted by atomic mass is 32.2. The minimum Gasteiger partial charge on any atom is -0.461 e. The minimum atomic E-state index is -3.36. The van der Waals surface area contributed by atoms with Crippen LogP contribution in [0.2, 0.25) is 0 Å². The average Bonchev–Trinajstić information content (AvgIpc) is 2.53. The van der Waals surface area contributed by atoms with Crippen molar-refractivity contribution in [1.29, 1.82) is 0 Å². The van der Waals surface area contributed by atoms with Crippen LogP contribution in [-0.4, -0.2) is 21.3 Å². The molecule has 0 saturated carbocycles. The maximum absolute atomic E-state index is 10.8. The second-order valence-corrected chi connectivity index (χ2v) is 6.03. The first kappa shape index (κ1) is 13.1. The smallest absolute Gasteiger partial charge is 0.264 e. The molecule has 0 bridgehead atoms. The van der Waals surface area contributed by atoms with E-state index in [1.807, 2.05) is 32.0 Å². The van der Waals surface area contributed by atoms with Gasteiger partial charge in [0.25, 0.3) is 10.1 Å². The van der Waals surface area contributed by atoms with Crippen LogP contribution >= 0.6 is 0 Å². The lowest BCUT2D eigenvalue weighted by Crippen LogP contribution is -2.06. The van der Waals surface area contributed by atoms with Crippen LogP contribution in [0.3, 0.4) is 0 Å². The quantitative estimate of drug-likeness (QED) is 0.800. The van der Waals surface area contributed by atoms with Crippen molar-refractivity contribution in [3.8, 4) is 0 Å². The Morgan fingerprint density at radius 1 is 1.28 bits per heavy atom. The molecule has 0 aliphatic carbocycles. The van der Waals surface area contributed by atoms with Gasteiger partial charge in [0.05, 0.1) is 12.9 Å². The lowest BCUT2D eigenvalue weighted by atomic mass is 10.1. The van der Waals surface area contributed by atoms with Crippen molar-refractivity contribution in [2.75, 3.05) is 12.9 Å². The lowest BCUT2D eigenvalue weighted by Gasteiger charge is -2.01. The van der Waals surface area contributed by atoms with Gasteiger partial charge in [0, 0.05) is 5.39 Å². The monoisotopic (exact) mass is 268 g/mol. The van der Waals surface area contributed by atoms with Crippen molar-refractivity contribution in [2.45, 2.75) is 20.3 Å². The Hall–Kier alpha value is -1.33. The number of hydrogen-bond donors (Lipinski definition) is 0. The molecule has 0 spiro atoms. The zero-order valence-corrected chi connectivity index (χ0v) is 11.5. The first-order valence-electron chi connectivity index (χ1n) is 5.70. The zero-order valence-electron chi connectivity index (χ0n) is 10.7. The minimum absolute atomic E-state index is 0.156. The van der Waals surface area contributed by atoms with E-state index >= 15 is 0 Å². The number of aryl methyl sites for hydroxylation is 2. The molecular formula is C13H16O4S. The van der Waals surface area contributed by atoms with Crippen molar-refractivity contribution < 1.29 is 17.0 Å². The molecule has 0 amide bonds. The Kier molecular flexibility index (Phi) is 3.45. The number of benzene rings is 1. The molecule has 0 atom stereocenters. The molecule has 0 saturated heterocycles. The molecule has 0 N–H and O–H groups in total. The third-order valence-corrected chi connectivity index (χ3v) is 3.52. The van der Waals surface area contributed by atoms with Gasteiger partial charge < -0.3 is 4.42 Å². The van der Waals surface area contributed by atoms with Gasteiger partial charge in [-0.15, -0.1) is 0 Å². The summed E-state index contributed by atoms with van der Waals surface area (Å²) in [5.74, 6) is 0.912. The van der Waals surface area contributed by atoms with E-state index in [1.165, 1.54) is 0 Å². The molecule has 5 heteroatoms. The van der Waals surface area contributed by atoms with Crippen molar-refractivity contribution in [2.24, 2.45) is 0 Å². The highest BCUT2D eigenvalue weighted by Gasteiger charge is 2.08. The third kappa shape index (κ3) is 2.91. The van der Waals surface area contributed by atoms with Crippen LogP contribution in [0.1, 0.15) is 16.9 Å². The Morgan fingerprint density at radius 2 is 2.00 bits per heavy atom. The molecule has 1 aromatic carbocycles. The van der Waals surface area contributed by atoms with Crippen LogP contribution in [-0.2, 0) is 20.7 Å². The SMILES string of the molecule is Cc1oc2cc(CCOS(C)(=O)=O)ccc2c1C. The number of fused-ring (bicyclic) bond motifs is 1. The number of hydrogen-bond acceptors (Lipinski definition) is 4. The van der Waals surface area contributed by atoms with Crippen molar-refractivity contribution in [3.05, 3.63) is 35.1 Å². The van der Waals surface area contributed by atoms with Gasteiger partial charge in [0.2, 0.25) is 0 Å². The predicted octanol–water partition coefficient (Wildman–Crippen LogP) is 2.57. The predicted molar refractivity (Wildman–Crippen MR) is 70.2 cm³/mol. The van der Waals surface area contributed by atoms with E-state index < -0.39 is 10.1 Å². The van der Waals surface area contributed by atoms with E-state index in [9.17, 15) is 8.42 Å². The van der Waals surface area contributed by atoms with Gasteiger partial charge in [0.15, 0.2) is 0 Å². The topological polar surface area (TPSA) is 56.5 Å². The normalized spacial score (nSPS) is 12.2. The molecule has 98 valence electrons. The van der Waals surface area contributed by atoms with Crippen LogP contribution in [0.5, 0.6) is 0 Å². The Labute approximate surface area is 107 Å². The van der Waals surface area contributed by atoms with Gasteiger partial charge in [-0.1, -0.05) is 12.1 Å². The van der Waals surface area contributed by atoms with E-state index in [0.717, 1.165) is 34.1 Å². The molecule has 0 aliphatic rings. The summed E-state index contributed by atoms with van der Waals surface area (Å²) in [7, 11) is -3.36. The highest BCUT2D eigenvalue weighted by Crippen LogP contribution is 2.25. The van der Waals surface area contributed by atoms with Crippen LogP contribution in [0.15, 0.2) is 22.6 Å². The van der Waals surface area contributed by atoms with Crippen LogP contribution in [0, 0.1) is 13.8 Å². The van der Waals surface area contributed by atoms with Crippen molar-refractivity contribution in [3.63, 3.8) is 0 Å². The van der Waals surface area contributed by atoms with E-state index in [0.29, 0.717) is 6.42 Å². The van der Waals surface area contributed by atoms with Crippen molar-refractivity contribution >= 4 is 21.1 Å². The maximum Gasteiger partial charge on any atom is 0.264 e. The number of furan rings is 1. The summed E-state index contributed by atoms with van der Waals surface area (Å²) in [6.45, 7) is 4.11. The summed E-state index contributed by atoms with van der Waals surface area (Å²) in [4.78, 5) is 0. The van der Waals surface area contributed by atoms with E-state index in [-0.39, 0.29) is 6.61 Å². The molecular weight excluding hydrogens is 252 g/mol. The summed E-state index contributed by atoms with van der Waals surface area (Å²) in [6.07, 6.45) is 1.59. The fourth-order valence-electron chi connectivity index (χ4n) is 1.86. The zero-order chi connectivity index (χ0) is 13.3. The lowest BCUT2D eigenvalue weighted by molar-refractivity contribution is 0.326. The van der Waals surface area contributed by atoms with Gasteiger partial charge >= 0.3 is 0 Å². The molecule has 2 rings (SSSR count). The summed E-state index contributed by atoms with van der Waals surface area (Å²) in [5.41, 5.74) is 2.98. The van der Waals surface area contributed by atoms with E-state index in [1.54, 1.807) is 0 Å². The molecule has 0 radical (unpaired) electrons. The van der Waals surface area contributed by atoms with Crippen LogP contribution < -0.4 is 0 Å². The molecule has 0 fully saturated rings. The fourth-order valence-corrected chi connectivity index (χ4v) is 2.24. The largest absolute Gasteiger partial charge is 0.461 e. The Bertz CT molecular complexity index is 668. The second-order valence-electron chi connectivity index (χ2n) is 4.39. The van der Waals surface area contributed by atoms with E-state index in [4.69, 9.17) is 8.60 Å². The molecule has 18 heavy (non-hydrogen) atoms. The maximum atomic E-state index is 10.8. The van der Waals surface area contributed by atoms with Gasteiger partial charge in [-0.05, 0) is 37.5 Å². The Morgan fingerprint density at radius 3 is 2.67 bits per heavy atom. The molecule has 2 aromatic rings. The van der Waals surface area contributed by atoms with Crippen molar-refractivity contribution in [1.82, 2.24) is 0 Å². The highest BCUT2D eigenvalue weighted by molar-refractivity contribution is 7.85. The van der Waals surface area contributed by atoms with Gasteiger partial charge in [-0.3, -0.25) is 4.18 Å². The second kappa shape index (κ2) is 4.74. The standard InChI is InChI=1S/C13H16O4S/c1-9-10(2)17-13-8-11(4-5-12(9)13)6-7-16-18(3,14)15/h4-5,8H,6-7H2,1-3H3. The summed E-state index contributed by atoms with van der Waals surface area (Å²) >= 11 is 0. The van der Waals surface area contributed by atoms with Gasteiger partial charge in [-0.25, -0.2) is 0 Å². The number of rotatable bonds is 4. The van der Waals surface area contributed by atoms with Crippen LogP contribution in [0.4, 0.5) is 0 Å². The van der Waals surface area contributed by atoms with Crippen LogP contribution in [0.25, 0.3) is 11.0 Å². The van der Waals surface area contributed by atoms with Gasteiger partial charge in [-0.2, -0.15) is 8.42 Å². The van der Waals surface area contributed by atoms with Gasteiger partial charge in [0.1, 0.15) is 11.3 Å². The molecule has 1 heterocycles. The third-order valence-electron chi connectivity index (χ3n) is 2.93. The summed E-state index contributed by atoms with van der Waals surface area (Å²) < 4.78 is 32.0. The molecule has 0 unspecified atom stereocenters. The summed E-state index contributed by atoms with van der Waals surface area (Å²) in [6, 6.07) is 5.90. The first-order chi connectivity index (χ1) is 8.37. The van der Waals surface area contributed by atoms with E-state index in [2.05, 4.69) is 0 Å². The molecule has 0 aliphatic heterocycles. The summed E-state index contributed by atoms with van der Waals surface area (Å²) in [5, 5.41) is 1.10. The first-order valence-corrected chi connectivity index (χ1v) is 7.51. The molecule has 4 nitrogen and oxygen atoms in total. The Balaban J connectivity index is 2.16. The average molecular weight is 268 g/mol. The molecule has 1 aromatic heterocycles.